The first-order valence-corrected chi connectivity index (χ1v) is 6.55. The van der Waals surface area contributed by atoms with Crippen molar-refractivity contribution >= 4 is 22.4 Å². The van der Waals surface area contributed by atoms with Crippen LogP contribution in [0.2, 0.25) is 0 Å². The van der Waals surface area contributed by atoms with Crippen LogP contribution in [0.1, 0.15) is 18.4 Å². The van der Waals surface area contributed by atoms with E-state index in [0.29, 0.717) is 5.88 Å². The maximum Gasteiger partial charge on any atom is 0.0480 e. The highest BCUT2D eigenvalue weighted by atomic mass is 35.5. The van der Waals surface area contributed by atoms with Gasteiger partial charge in [0.1, 0.15) is 0 Å². The third-order valence-electron chi connectivity index (χ3n) is 2.85. The van der Waals surface area contributed by atoms with Crippen LogP contribution >= 0.6 is 11.6 Å². The summed E-state index contributed by atoms with van der Waals surface area (Å²) in [6.45, 7) is 2.00. The molecule has 17 heavy (non-hydrogen) atoms. The number of alkyl halides is 1. The number of benzene rings is 2. The minimum Gasteiger partial charge on any atom is -0.381 e. The largest absolute Gasteiger partial charge is 0.381 e. The molecule has 90 valence electrons. The fourth-order valence-electron chi connectivity index (χ4n) is 1.92. The molecule has 0 aromatic heterocycles. The smallest absolute Gasteiger partial charge is 0.0480 e. The molecule has 0 amide bonds. The molecule has 0 aliphatic carbocycles. The van der Waals surface area contributed by atoms with E-state index in [2.05, 4.69) is 24.3 Å². The van der Waals surface area contributed by atoms with Gasteiger partial charge in [-0.05, 0) is 29.2 Å². The topological polar surface area (TPSA) is 9.23 Å². The molecule has 0 unspecified atom stereocenters. The zero-order valence-corrected chi connectivity index (χ0v) is 10.6. The van der Waals surface area contributed by atoms with E-state index in [0.717, 1.165) is 13.2 Å². The van der Waals surface area contributed by atoms with Gasteiger partial charge >= 0.3 is 0 Å². The molecule has 0 saturated carbocycles. The van der Waals surface area contributed by atoms with Gasteiger partial charge in [-0.25, -0.2) is 0 Å². The molecule has 0 bridgehead atoms. The molecule has 1 nitrogen and oxygen atoms in total. The highest BCUT2D eigenvalue weighted by molar-refractivity contribution is 6.18. The number of rotatable bonds is 1. The van der Waals surface area contributed by atoms with Crippen LogP contribution in [-0.4, -0.2) is 13.2 Å². The summed E-state index contributed by atoms with van der Waals surface area (Å²) in [6, 6.07) is 14.5. The summed E-state index contributed by atoms with van der Waals surface area (Å²) in [4.78, 5) is 0. The van der Waals surface area contributed by atoms with Crippen LogP contribution in [-0.2, 0) is 10.6 Å². The van der Waals surface area contributed by atoms with E-state index in [-0.39, 0.29) is 0 Å². The molecule has 2 aromatic rings. The Labute approximate surface area is 107 Å². The third kappa shape index (κ3) is 3.45. The number of ether oxygens (including phenoxy) is 1. The Bertz CT molecular complexity index is 450. The van der Waals surface area contributed by atoms with Gasteiger partial charge < -0.3 is 4.74 Å². The molecule has 2 heteroatoms. The lowest BCUT2D eigenvalue weighted by atomic mass is 10.1. The quantitative estimate of drug-likeness (QED) is 0.681. The molecule has 1 aliphatic heterocycles. The van der Waals surface area contributed by atoms with Crippen LogP contribution < -0.4 is 0 Å². The lowest BCUT2D eigenvalue weighted by Gasteiger charge is -2.01. The second kappa shape index (κ2) is 6.63. The number of hydrogen-bond acceptors (Lipinski definition) is 1. The second-order valence-corrected chi connectivity index (χ2v) is 4.36. The van der Waals surface area contributed by atoms with Gasteiger partial charge in [0.15, 0.2) is 0 Å². The Balaban J connectivity index is 0.000000181. The molecular formula is C15H17ClO. The number of halogens is 1. The minimum absolute atomic E-state index is 0.585. The fourth-order valence-corrected chi connectivity index (χ4v) is 2.15. The summed E-state index contributed by atoms with van der Waals surface area (Å²) in [5.41, 5.74) is 1.20. The molecule has 0 radical (unpaired) electrons. The predicted octanol–water partition coefficient (Wildman–Crippen LogP) is 4.38. The normalized spacial score (nSPS) is 14.4. The van der Waals surface area contributed by atoms with E-state index in [9.17, 15) is 0 Å². The van der Waals surface area contributed by atoms with E-state index in [1.54, 1.807) is 0 Å². The first kappa shape index (κ1) is 12.4. The zero-order chi connectivity index (χ0) is 11.9. The van der Waals surface area contributed by atoms with Crippen LogP contribution in [0, 0.1) is 0 Å². The summed E-state index contributed by atoms with van der Waals surface area (Å²) in [7, 11) is 0. The molecule has 2 aromatic carbocycles. The van der Waals surface area contributed by atoms with Crippen molar-refractivity contribution in [3.63, 3.8) is 0 Å². The second-order valence-electron chi connectivity index (χ2n) is 4.09. The highest BCUT2D eigenvalue weighted by Crippen LogP contribution is 2.19. The van der Waals surface area contributed by atoms with Crippen LogP contribution in [0.15, 0.2) is 42.5 Å². The monoisotopic (exact) mass is 248 g/mol. The summed E-state index contributed by atoms with van der Waals surface area (Å²) in [5.74, 6) is 0.585. The maximum atomic E-state index is 5.81. The zero-order valence-electron chi connectivity index (χ0n) is 9.86. The molecule has 1 fully saturated rings. The third-order valence-corrected chi connectivity index (χ3v) is 3.14. The molecule has 1 aliphatic rings. The number of hydrogen-bond donors (Lipinski definition) is 0. The highest BCUT2D eigenvalue weighted by Gasteiger charge is 1.96. The van der Waals surface area contributed by atoms with Crippen molar-refractivity contribution in [2.75, 3.05) is 13.2 Å². The Morgan fingerprint density at radius 3 is 2.29 bits per heavy atom. The van der Waals surface area contributed by atoms with E-state index < -0.39 is 0 Å². The van der Waals surface area contributed by atoms with E-state index in [4.69, 9.17) is 16.3 Å². The molecule has 3 rings (SSSR count). The van der Waals surface area contributed by atoms with Gasteiger partial charge in [-0.15, -0.1) is 11.6 Å². The average molecular weight is 249 g/mol. The van der Waals surface area contributed by atoms with Gasteiger partial charge in [-0.1, -0.05) is 42.5 Å². The van der Waals surface area contributed by atoms with Crippen molar-refractivity contribution < 1.29 is 4.74 Å². The maximum absolute atomic E-state index is 5.81. The first-order chi connectivity index (χ1) is 8.42. The Kier molecular flexibility index (Phi) is 4.84. The van der Waals surface area contributed by atoms with Gasteiger partial charge in [0.05, 0.1) is 0 Å². The SMILES string of the molecule is C1CCOC1.ClCc1cccc2ccccc12. The predicted molar refractivity (Wildman–Crippen MR) is 73.6 cm³/mol. The van der Waals surface area contributed by atoms with Crippen LogP contribution in [0.4, 0.5) is 0 Å². The fraction of sp³-hybridized carbons (Fsp3) is 0.333. The van der Waals surface area contributed by atoms with Gasteiger partial charge in [0.2, 0.25) is 0 Å². The van der Waals surface area contributed by atoms with Gasteiger partial charge in [-0.2, -0.15) is 0 Å². The van der Waals surface area contributed by atoms with Crippen LogP contribution in [0.5, 0.6) is 0 Å². The van der Waals surface area contributed by atoms with Gasteiger partial charge in [0, 0.05) is 19.1 Å². The van der Waals surface area contributed by atoms with E-state index >= 15 is 0 Å². The molecule has 0 atom stereocenters. The van der Waals surface area contributed by atoms with Crippen molar-refractivity contribution in [1.82, 2.24) is 0 Å². The van der Waals surface area contributed by atoms with E-state index in [1.165, 1.54) is 29.2 Å². The molecule has 0 N–H and O–H groups in total. The van der Waals surface area contributed by atoms with Crippen LogP contribution in [0.25, 0.3) is 10.8 Å². The minimum atomic E-state index is 0.585. The van der Waals surface area contributed by atoms with Crippen molar-refractivity contribution in [1.29, 1.82) is 0 Å². The Hall–Kier alpha value is -1.05. The van der Waals surface area contributed by atoms with Gasteiger partial charge in [-0.3, -0.25) is 0 Å². The molecule has 1 saturated heterocycles. The summed E-state index contributed by atoms with van der Waals surface area (Å²) in [5, 5.41) is 2.52. The summed E-state index contributed by atoms with van der Waals surface area (Å²) in [6.07, 6.45) is 2.56. The molecule has 1 heterocycles. The van der Waals surface area contributed by atoms with Gasteiger partial charge in [0.25, 0.3) is 0 Å². The van der Waals surface area contributed by atoms with Crippen molar-refractivity contribution in [3.8, 4) is 0 Å². The lowest BCUT2D eigenvalue weighted by Crippen LogP contribution is -1.79. The van der Waals surface area contributed by atoms with Crippen molar-refractivity contribution in [3.05, 3.63) is 48.0 Å². The lowest BCUT2D eigenvalue weighted by molar-refractivity contribution is 0.198. The summed E-state index contributed by atoms with van der Waals surface area (Å²) < 4.78 is 4.94. The Morgan fingerprint density at radius 2 is 1.65 bits per heavy atom. The van der Waals surface area contributed by atoms with Crippen molar-refractivity contribution in [2.24, 2.45) is 0 Å². The van der Waals surface area contributed by atoms with Crippen molar-refractivity contribution in [2.45, 2.75) is 18.7 Å². The first-order valence-electron chi connectivity index (χ1n) is 6.02. The number of fused-ring (bicyclic) bond motifs is 1. The summed E-state index contributed by atoms with van der Waals surface area (Å²) >= 11 is 5.81. The average Bonchev–Trinajstić information content (AvgIpc) is 2.97. The standard InChI is InChI=1S/C11H9Cl.C4H8O/c12-8-10-6-3-5-9-4-1-2-7-11(9)10;1-2-4-5-3-1/h1-7H,8H2;1-4H2. The van der Waals surface area contributed by atoms with E-state index in [1.807, 2.05) is 18.2 Å². The molecular weight excluding hydrogens is 232 g/mol. The Morgan fingerprint density at radius 1 is 0.941 bits per heavy atom. The van der Waals surface area contributed by atoms with Crippen LogP contribution in [0.3, 0.4) is 0 Å². The molecule has 0 spiro atoms.